The van der Waals surface area contributed by atoms with Gasteiger partial charge in [-0.15, -0.1) is 0 Å². The fourth-order valence-corrected chi connectivity index (χ4v) is 2.48. The molecule has 0 aliphatic heterocycles. The summed E-state index contributed by atoms with van der Waals surface area (Å²) in [6.45, 7) is 6.26. The lowest BCUT2D eigenvalue weighted by molar-refractivity contribution is -0.244. The van der Waals surface area contributed by atoms with E-state index in [0.29, 0.717) is 12.0 Å². The number of hydrogen-bond donors (Lipinski definition) is 1. The Morgan fingerprint density at radius 2 is 1.75 bits per heavy atom. The zero-order valence-electron chi connectivity index (χ0n) is 16.2. The van der Waals surface area contributed by atoms with Gasteiger partial charge in [-0.25, -0.2) is 5.06 Å². The average Bonchev–Trinajstić information content (AvgIpc) is 2.60. The normalized spacial score (nSPS) is 14.1. The Labute approximate surface area is 162 Å². The molecule has 2 amide bonds. The van der Waals surface area contributed by atoms with Crippen molar-refractivity contribution in [3.05, 3.63) is 35.9 Å². The smallest absolute Gasteiger partial charge is 0.343 e. The van der Waals surface area contributed by atoms with Crippen molar-refractivity contribution in [3.63, 3.8) is 0 Å². The second-order valence-electron chi connectivity index (χ2n) is 7.21. The number of Topliss-reactive ketones (excluding diaryl/α,β-unsaturated/α-hetero) is 1. The first-order valence-corrected chi connectivity index (χ1v) is 8.77. The van der Waals surface area contributed by atoms with Crippen molar-refractivity contribution >= 4 is 18.1 Å². The number of rotatable bonds is 9. The highest BCUT2D eigenvalue weighted by molar-refractivity contribution is 6.38. The number of carbonyl (C=O) groups excluding carboxylic acids is 3. The molecule has 0 fully saturated rings. The highest BCUT2D eigenvalue weighted by Gasteiger charge is 2.42. The summed E-state index contributed by atoms with van der Waals surface area (Å²) >= 11 is 0. The number of hydrogen-bond acceptors (Lipinski definition) is 4. The number of hydroxylamine groups is 2. The van der Waals surface area contributed by atoms with E-state index in [2.05, 4.69) is 5.32 Å². The quantitative estimate of drug-likeness (QED) is 0.391. The van der Waals surface area contributed by atoms with Gasteiger partial charge >= 0.3 is 6.18 Å². The first-order chi connectivity index (χ1) is 12.9. The van der Waals surface area contributed by atoms with Crippen LogP contribution in [0.3, 0.4) is 0 Å². The van der Waals surface area contributed by atoms with Gasteiger partial charge in [-0.2, -0.15) is 13.2 Å². The fourth-order valence-electron chi connectivity index (χ4n) is 2.48. The first-order valence-electron chi connectivity index (χ1n) is 8.77. The van der Waals surface area contributed by atoms with Gasteiger partial charge in [0.1, 0.15) is 6.04 Å². The van der Waals surface area contributed by atoms with E-state index in [0.717, 1.165) is 0 Å². The Hall–Kier alpha value is -2.42. The van der Waals surface area contributed by atoms with Crippen molar-refractivity contribution in [2.75, 3.05) is 0 Å². The average molecular weight is 402 g/mol. The Morgan fingerprint density at radius 1 is 1.18 bits per heavy atom. The van der Waals surface area contributed by atoms with E-state index in [1.807, 2.05) is 0 Å². The van der Waals surface area contributed by atoms with Gasteiger partial charge in [0.05, 0.1) is 18.1 Å². The lowest BCUT2D eigenvalue weighted by atomic mass is 10.0. The Bertz CT molecular complexity index is 672. The van der Waals surface area contributed by atoms with Crippen LogP contribution in [0.5, 0.6) is 0 Å². The topological polar surface area (TPSA) is 75.7 Å². The molecule has 0 spiro atoms. The summed E-state index contributed by atoms with van der Waals surface area (Å²) in [4.78, 5) is 41.3. The second-order valence-corrected chi connectivity index (χ2v) is 7.21. The zero-order valence-corrected chi connectivity index (χ0v) is 16.2. The molecule has 2 atom stereocenters. The van der Waals surface area contributed by atoms with Crippen molar-refractivity contribution < 1.29 is 32.4 Å². The summed E-state index contributed by atoms with van der Waals surface area (Å²) in [6, 6.07) is 6.03. The van der Waals surface area contributed by atoms with Gasteiger partial charge in [-0.1, -0.05) is 37.3 Å². The maximum atomic E-state index is 13.0. The molecule has 0 saturated heterocycles. The lowest BCUT2D eigenvalue weighted by Gasteiger charge is -2.32. The summed E-state index contributed by atoms with van der Waals surface area (Å²) in [5, 5.41) is 2.70. The van der Waals surface area contributed by atoms with Gasteiger partial charge < -0.3 is 5.32 Å². The molecule has 156 valence electrons. The summed E-state index contributed by atoms with van der Waals surface area (Å²) in [7, 11) is 0. The van der Waals surface area contributed by atoms with E-state index < -0.39 is 42.0 Å². The van der Waals surface area contributed by atoms with Crippen LogP contribution < -0.4 is 5.32 Å². The molecular formula is C19H25F3N2O4. The third-order valence-electron chi connectivity index (χ3n) is 3.66. The standard InChI is InChI=1S/C19H25F3N2O4/c1-5-14(13-9-7-6-8-10-13)23-17(27)16(26)15(11-19(20,21)22)24(12-25)28-18(2,3)4/h6-10,12,14-15H,5,11H2,1-4H3,(H,23,27)/t14-,15-/m0/s1. The van der Waals surface area contributed by atoms with Crippen LogP contribution in [0.1, 0.15) is 52.1 Å². The van der Waals surface area contributed by atoms with Crippen molar-refractivity contribution in [3.8, 4) is 0 Å². The molecule has 0 bridgehead atoms. The van der Waals surface area contributed by atoms with Crippen LogP contribution >= 0.6 is 0 Å². The molecule has 0 aliphatic rings. The van der Waals surface area contributed by atoms with E-state index in [-0.39, 0.29) is 11.5 Å². The molecule has 0 aliphatic carbocycles. The van der Waals surface area contributed by atoms with Gasteiger partial charge in [0.2, 0.25) is 12.2 Å². The molecule has 28 heavy (non-hydrogen) atoms. The van der Waals surface area contributed by atoms with Crippen molar-refractivity contribution in [2.45, 2.75) is 64.4 Å². The molecular weight excluding hydrogens is 377 g/mol. The third kappa shape index (κ3) is 7.67. The van der Waals surface area contributed by atoms with Crippen LogP contribution in [0.15, 0.2) is 30.3 Å². The van der Waals surface area contributed by atoms with E-state index in [1.165, 1.54) is 20.8 Å². The highest BCUT2D eigenvalue weighted by atomic mass is 19.4. The number of nitrogens with zero attached hydrogens (tertiary/aromatic N) is 1. The number of carbonyl (C=O) groups is 3. The predicted octanol–water partition coefficient (Wildman–Crippen LogP) is 3.33. The predicted molar refractivity (Wildman–Crippen MR) is 95.8 cm³/mol. The molecule has 0 heterocycles. The number of benzene rings is 1. The number of nitrogens with one attached hydrogen (secondary N) is 1. The van der Waals surface area contributed by atoms with E-state index in [1.54, 1.807) is 37.3 Å². The summed E-state index contributed by atoms with van der Waals surface area (Å²) in [5.41, 5.74) is -0.339. The van der Waals surface area contributed by atoms with Gasteiger partial charge in [0, 0.05) is 0 Å². The van der Waals surface area contributed by atoms with Crippen molar-refractivity contribution in [1.82, 2.24) is 10.4 Å². The van der Waals surface area contributed by atoms with Gasteiger partial charge in [-0.05, 0) is 32.8 Å². The van der Waals surface area contributed by atoms with Gasteiger partial charge in [0.15, 0.2) is 0 Å². The minimum Gasteiger partial charge on any atom is -0.343 e. The van der Waals surface area contributed by atoms with Gasteiger partial charge in [-0.3, -0.25) is 19.2 Å². The molecule has 1 aromatic rings. The molecule has 1 N–H and O–H groups in total. The summed E-state index contributed by atoms with van der Waals surface area (Å²) < 4.78 is 38.9. The van der Waals surface area contributed by atoms with Crippen LogP contribution in [0.2, 0.25) is 0 Å². The fraction of sp³-hybridized carbons (Fsp3) is 0.526. The lowest BCUT2D eigenvalue weighted by Crippen LogP contribution is -2.51. The van der Waals surface area contributed by atoms with Crippen LogP contribution in [0.25, 0.3) is 0 Å². The van der Waals surface area contributed by atoms with Crippen LogP contribution in [0, 0.1) is 0 Å². The molecule has 0 radical (unpaired) electrons. The summed E-state index contributed by atoms with van der Waals surface area (Å²) in [5.74, 6) is -2.61. The van der Waals surface area contributed by atoms with Crippen LogP contribution in [-0.2, 0) is 19.2 Å². The minimum atomic E-state index is -4.79. The molecule has 1 rings (SSSR count). The number of halogens is 3. The number of amides is 2. The van der Waals surface area contributed by atoms with Crippen molar-refractivity contribution in [2.24, 2.45) is 0 Å². The molecule has 6 nitrogen and oxygen atoms in total. The molecule has 0 saturated carbocycles. The van der Waals surface area contributed by atoms with E-state index in [9.17, 15) is 27.6 Å². The number of alkyl halides is 3. The second kappa shape index (κ2) is 9.68. The van der Waals surface area contributed by atoms with E-state index in [4.69, 9.17) is 4.84 Å². The van der Waals surface area contributed by atoms with Gasteiger partial charge in [0.25, 0.3) is 5.91 Å². The maximum absolute atomic E-state index is 13.0. The zero-order chi connectivity index (χ0) is 21.5. The summed E-state index contributed by atoms with van der Waals surface area (Å²) in [6.07, 6.45) is -6.09. The van der Waals surface area contributed by atoms with E-state index >= 15 is 0 Å². The largest absolute Gasteiger partial charge is 0.391 e. The maximum Gasteiger partial charge on any atom is 0.391 e. The minimum absolute atomic E-state index is 0.0265. The number of ketones is 1. The van der Waals surface area contributed by atoms with Crippen LogP contribution in [0.4, 0.5) is 13.2 Å². The Balaban J connectivity index is 3.06. The third-order valence-corrected chi connectivity index (χ3v) is 3.66. The molecule has 1 aromatic carbocycles. The Kier molecular flexibility index (Phi) is 8.16. The molecule has 9 heteroatoms. The highest BCUT2D eigenvalue weighted by Crippen LogP contribution is 2.26. The first kappa shape index (κ1) is 23.6. The molecule has 0 aromatic heterocycles. The Morgan fingerprint density at radius 3 is 2.18 bits per heavy atom. The monoisotopic (exact) mass is 402 g/mol. The van der Waals surface area contributed by atoms with Crippen molar-refractivity contribution in [1.29, 1.82) is 0 Å². The van der Waals surface area contributed by atoms with Crippen LogP contribution in [-0.4, -0.2) is 41.0 Å². The SMILES string of the molecule is CC[C@H](NC(=O)C(=O)[C@H](CC(F)(F)F)N(C=O)OC(C)(C)C)c1ccccc1. The molecule has 0 unspecified atom stereocenters.